The zero-order valence-electron chi connectivity index (χ0n) is 12.7. The van der Waals surface area contributed by atoms with Crippen molar-refractivity contribution in [3.05, 3.63) is 11.5 Å². The highest BCUT2D eigenvalue weighted by Crippen LogP contribution is 2.42. The van der Waals surface area contributed by atoms with Crippen LogP contribution < -0.4 is 0 Å². The zero-order chi connectivity index (χ0) is 15.7. The molecule has 8 heteroatoms. The summed E-state index contributed by atoms with van der Waals surface area (Å²) >= 11 is 26.2. The molecule has 0 spiro atoms. The van der Waals surface area contributed by atoms with Gasteiger partial charge in [0.25, 0.3) is 0 Å². The molecule has 0 saturated heterocycles. The van der Waals surface area contributed by atoms with Crippen molar-refractivity contribution in [3.8, 4) is 0 Å². The average Bonchev–Trinajstić information content (AvgIpc) is 2.87. The lowest BCUT2D eigenvalue weighted by Gasteiger charge is -2.40. The van der Waals surface area contributed by atoms with Gasteiger partial charge in [-0.2, -0.15) is 0 Å². The van der Waals surface area contributed by atoms with E-state index in [0.717, 1.165) is 5.32 Å². The van der Waals surface area contributed by atoms with Crippen molar-refractivity contribution in [1.29, 1.82) is 0 Å². The summed E-state index contributed by atoms with van der Waals surface area (Å²) in [6.07, 6.45) is 14.8. The Bertz CT molecular complexity index is 418. The lowest BCUT2D eigenvalue weighted by atomic mass is 9.95. The SMILES string of the molecule is Cl[Si]1N(C2CCCCC2)C=C([Si](Cl)(Cl)Cl)N1C1CCCCC1. The minimum absolute atomic E-state index is 0.475. The van der Waals surface area contributed by atoms with Crippen molar-refractivity contribution in [3.63, 3.8) is 0 Å². The first-order chi connectivity index (χ1) is 10.5. The Morgan fingerprint density at radius 3 is 1.86 bits per heavy atom. The number of rotatable bonds is 3. The van der Waals surface area contributed by atoms with Crippen LogP contribution >= 0.6 is 44.3 Å². The van der Waals surface area contributed by atoms with Gasteiger partial charge in [0.15, 0.2) is 0 Å². The number of hydrogen-bond donors (Lipinski definition) is 0. The molecule has 0 bridgehead atoms. The van der Waals surface area contributed by atoms with Crippen LogP contribution in [0.5, 0.6) is 0 Å². The Morgan fingerprint density at radius 1 is 0.864 bits per heavy atom. The fourth-order valence-electron chi connectivity index (χ4n) is 3.98. The van der Waals surface area contributed by atoms with E-state index < -0.39 is 14.4 Å². The lowest BCUT2D eigenvalue weighted by Crippen LogP contribution is -2.51. The number of halogens is 4. The van der Waals surface area contributed by atoms with Gasteiger partial charge in [0, 0.05) is 18.3 Å². The van der Waals surface area contributed by atoms with E-state index in [-0.39, 0.29) is 0 Å². The Balaban J connectivity index is 1.83. The average molecular weight is 417 g/mol. The normalized spacial score (nSPS) is 26.6. The minimum atomic E-state index is -2.92. The maximum Gasteiger partial charge on any atom is 0.414 e. The summed E-state index contributed by atoms with van der Waals surface area (Å²) in [4.78, 5) is 0. The third-order valence-corrected chi connectivity index (χ3v) is 11.1. The van der Waals surface area contributed by atoms with Crippen molar-refractivity contribution >= 4 is 58.7 Å². The number of nitrogens with zero attached hydrogens (tertiary/aromatic N) is 2. The molecule has 0 N–H and O–H groups in total. The Kier molecular flexibility index (Phi) is 6.00. The second-order valence-electron chi connectivity index (χ2n) is 6.64. The maximum atomic E-state index is 6.96. The molecule has 2 saturated carbocycles. The van der Waals surface area contributed by atoms with Crippen molar-refractivity contribution in [1.82, 2.24) is 9.13 Å². The highest BCUT2D eigenvalue weighted by Gasteiger charge is 2.49. The van der Waals surface area contributed by atoms with E-state index in [0.29, 0.717) is 12.1 Å². The first-order valence-electron chi connectivity index (χ1n) is 8.37. The largest absolute Gasteiger partial charge is 0.414 e. The molecule has 22 heavy (non-hydrogen) atoms. The highest BCUT2D eigenvalue weighted by molar-refractivity contribution is 7.67. The third-order valence-electron chi connectivity index (χ3n) is 5.13. The Hall–Kier alpha value is 0.934. The first-order valence-corrected chi connectivity index (χ1v) is 15.8. The summed E-state index contributed by atoms with van der Waals surface area (Å²) in [6, 6.07) is -1.89. The van der Waals surface area contributed by atoms with Gasteiger partial charge in [0.1, 0.15) is 0 Å². The number of hydrogen-bond acceptors (Lipinski definition) is 2. The van der Waals surface area contributed by atoms with Gasteiger partial charge in [0.2, 0.25) is 0 Å². The van der Waals surface area contributed by atoms with Gasteiger partial charge in [-0.15, -0.1) is 44.3 Å². The molecule has 2 nitrogen and oxygen atoms in total. The molecule has 125 valence electrons. The van der Waals surface area contributed by atoms with Crippen LogP contribution in [0.15, 0.2) is 11.5 Å². The molecule has 3 rings (SSSR count). The van der Waals surface area contributed by atoms with E-state index in [2.05, 4.69) is 15.3 Å². The molecular formula is C14H23Cl4N2Si2. The van der Waals surface area contributed by atoms with Crippen LogP contribution in [0, 0.1) is 0 Å². The summed E-state index contributed by atoms with van der Waals surface area (Å²) in [5.74, 6) is 0. The van der Waals surface area contributed by atoms with Crippen molar-refractivity contribution in [2.24, 2.45) is 0 Å². The van der Waals surface area contributed by atoms with Crippen LogP contribution in [0.4, 0.5) is 0 Å². The highest BCUT2D eigenvalue weighted by atomic mass is 35.8. The van der Waals surface area contributed by atoms with Gasteiger partial charge in [-0.3, -0.25) is 0 Å². The van der Waals surface area contributed by atoms with Gasteiger partial charge in [-0.1, -0.05) is 38.5 Å². The van der Waals surface area contributed by atoms with Crippen LogP contribution in [0.3, 0.4) is 0 Å². The van der Waals surface area contributed by atoms with Gasteiger partial charge in [-0.25, -0.2) is 0 Å². The van der Waals surface area contributed by atoms with Gasteiger partial charge in [-0.05, 0) is 25.7 Å². The maximum absolute atomic E-state index is 6.96. The van der Waals surface area contributed by atoms with Gasteiger partial charge >= 0.3 is 14.4 Å². The zero-order valence-corrected chi connectivity index (χ0v) is 17.7. The van der Waals surface area contributed by atoms with Gasteiger partial charge in [0.05, 0.1) is 5.32 Å². The van der Waals surface area contributed by atoms with E-state index in [1.165, 1.54) is 64.2 Å². The predicted octanol–water partition coefficient (Wildman–Crippen LogP) is 5.53. The summed E-state index contributed by atoms with van der Waals surface area (Å²) in [7, 11) is -1.33. The van der Waals surface area contributed by atoms with E-state index in [9.17, 15) is 0 Å². The fourth-order valence-corrected chi connectivity index (χ4v) is 10.9. The Labute approximate surface area is 155 Å². The van der Waals surface area contributed by atoms with E-state index >= 15 is 0 Å². The molecule has 1 radical (unpaired) electrons. The predicted molar refractivity (Wildman–Crippen MR) is 100 cm³/mol. The summed E-state index contributed by atoms with van der Waals surface area (Å²) in [5.41, 5.74) is 0. The van der Waals surface area contributed by atoms with Crippen molar-refractivity contribution in [2.45, 2.75) is 76.3 Å². The van der Waals surface area contributed by atoms with E-state index in [1.807, 2.05) is 0 Å². The molecule has 0 aromatic heterocycles. The van der Waals surface area contributed by atoms with Crippen LogP contribution in [-0.4, -0.2) is 35.6 Å². The molecule has 2 aliphatic carbocycles. The van der Waals surface area contributed by atoms with Crippen LogP contribution in [0.25, 0.3) is 0 Å². The summed E-state index contributed by atoms with van der Waals surface area (Å²) in [6.45, 7) is 0. The summed E-state index contributed by atoms with van der Waals surface area (Å²) < 4.78 is 4.73. The second-order valence-corrected chi connectivity index (χ2v) is 17.5. The molecule has 1 heterocycles. The molecule has 0 unspecified atom stereocenters. The molecule has 3 aliphatic rings. The fraction of sp³-hybridized carbons (Fsp3) is 0.857. The van der Waals surface area contributed by atoms with Crippen molar-refractivity contribution < 1.29 is 0 Å². The molecule has 2 fully saturated rings. The molecule has 0 amide bonds. The van der Waals surface area contributed by atoms with Crippen LogP contribution in [0.2, 0.25) is 0 Å². The molecule has 0 aromatic rings. The van der Waals surface area contributed by atoms with Gasteiger partial charge < -0.3 is 9.13 Å². The van der Waals surface area contributed by atoms with E-state index in [1.54, 1.807) is 0 Å². The van der Waals surface area contributed by atoms with E-state index in [4.69, 9.17) is 44.3 Å². The monoisotopic (exact) mass is 415 g/mol. The quantitative estimate of drug-likeness (QED) is 0.440. The minimum Gasteiger partial charge on any atom is -0.370 e. The second kappa shape index (κ2) is 7.44. The lowest BCUT2D eigenvalue weighted by molar-refractivity contribution is 0.282. The first kappa shape index (κ1) is 17.7. The van der Waals surface area contributed by atoms with Crippen LogP contribution in [0.1, 0.15) is 64.2 Å². The molecule has 1 aliphatic heterocycles. The topological polar surface area (TPSA) is 6.48 Å². The summed E-state index contributed by atoms with van der Waals surface area (Å²) in [5, 5.41) is 0.943. The Morgan fingerprint density at radius 2 is 1.36 bits per heavy atom. The molecule has 0 atom stereocenters. The van der Waals surface area contributed by atoms with Crippen molar-refractivity contribution in [2.75, 3.05) is 0 Å². The van der Waals surface area contributed by atoms with Crippen LogP contribution in [-0.2, 0) is 0 Å². The molecular weight excluding hydrogens is 394 g/mol. The standard InChI is InChI=1S/C14H23Cl4N2Si2/c15-21-19(12-7-3-1-4-8-12)11-14(22(16,17)18)20(21)13-9-5-2-6-10-13/h11-13H,1-10H2. The third kappa shape index (κ3) is 3.78. The smallest absolute Gasteiger partial charge is 0.370 e. The molecule has 0 aromatic carbocycles.